The molecular formula is C17H24N2O4S2. The maximum atomic E-state index is 12.6. The summed E-state index contributed by atoms with van der Waals surface area (Å²) in [4.78, 5) is 18.5. The van der Waals surface area contributed by atoms with Gasteiger partial charge in [-0.25, -0.2) is 13.4 Å². The number of carbonyl (C=O) groups is 1. The Labute approximate surface area is 152 Å². The summed E-state index contributed by atoms with van der Waals surface area (Å²) in [7, 11) is -3.16. The lowest BCUT2D eigenvalue weighted by atomic mass is 9.79. The fourth-order valence-electron chi connectivity index (χ4n) is 4.16. The minimum absolute atomic E-state index is 0.0253. The molecule has 2 aliphatic heterocycles. The van der Waals surface area contributed by atoms with Crippen LogP contribution in [0.4, 0.5) is 0 Å². The summed E-state index contributed by atoms with van der Waals surface area (Å²) in [6, 6.07) is 0. The van der Waals surface area contributed by atoms with E-state index in [4.69, 9.17) is 4.74 Å². The molecule has 0 radical (unpaired) electrons. The van der Waals surface area contributed by atoms with Crippen LogP contribution in [0.3, 0.4) is 0 Å². The van der Waals surface area contributed by atoms with Crippen molar-refractivity contribution in [1.29, 1.82) is 0 Å². The lowest BCUT2D eigenvalue weighted by Gasteiger charge is -2.51. The first kappa shape index (κ1) is 17.4. The third-order valence-corrected chi connectivity index (χ3v) is 9.44. The molecule has 0 unspecified atom stereocenters. The average Bonchev–Trinajstić information content (AvgIpc) is 2.96. The summed E-state index contributed by atoms with van der Waals surface area (Å²) in [6.45, 7) is 3.50. The van der Waals surface area contributed by atoms with Gasteiger partial charge in [0.2, 0.25) is 5.91 Å². The number of thiazole rings is 1. The summed E-state index contributed by atoms with van der Waals surface area (Å²) in [5.74, 6) is 0.464. The maximum Gasteiger partial charge on any atom is 0.225 e. The van der Waals surface area contributed by atoms with Crippen LogP contribution in [0.15, 0.2) is 5.38 Å². The number of aryl methyl sites for hydroxylation is 1. The number of hydrogen-bond donors (Lipinski definition) is 0. The molecule has 1 saturated carbocycles. The lowest BCUT2D eigenvalue weighted by Crippen LogP contribution is -2.69. The molecule has 3 heterocycles. The maximum absolute atomic E-state index is 12.6. The molecular weight excluding hydrogens is 360 g/mol. The number of sulfone groups is 1. The van der Waals surface area contributed by atoms with Gasteiger partial charge in [-0.15, -0.1) is 11.3 Å². The molecule has 1 spiro atoms. The summed E-state index contributed by atoms with van der Waals surface area (Å²) >= 11 is 1.58. The SMILES string of the molecule is Cc1nc(COC[C@@H]2CCS(=O)(=O)C23CN(C(=O)C2CCC2)C3)cs1. The molecule has 25 heavy (non-hydrogen) atoms. The molecule has 1 atom stereocenters. The van der Waals surface area contributed by atoms with Gasteiger partial charge in [0, 0.05) is 30.3 Å². The third kappa shape index (κ3) is 2.92. The molecule has 1 aromatic heterocycles. The second kappa shape index (κ2) is 6.32. The smallest absolute Gasteiger partial charge is 0.225 e. The van der Waals surface area contributed by atoms with Crippen molar-refractivity contribution in [3.05, 3.63) is 16.1 Å². The van der Waals surface area contributed by atoms with E-state index in [2.05, 4.69) is 4.98 Å². The highest BCUT2D eigenvalue weighted by molar-refractivity contribution is 7.93. The Kier molecular flexibility index (Phi) is 4.40. The molecule has 0 N–H and O–H groups in total. The Morgan fingerprint density at radius 1 is 1.40 bits per heavy atom. The first-order valence-electron chi connectivity index (χ1n) is 8.91. The zero-order chi connectivity index (χ0) is 17.7. The quantitative estimate of drug-likeness (QED) is 0.773. The molecule has 0 bridgehead atoms. The molecule has 1 aliphatic carbocycles. The van der Waals surface area contributed by atoms with Gasteiger partial charge in [0.1, 0.15) is 4.75 Å². The van der Waals surface area contributed by atoms with Crippen molar-refractivity contribution in [1.82, 2.24) is 9.88 Å². The molecule has 2 saturated heterocycles. The number of carbonyl (C=O) groups excluding carboxylic acids is 1. The lowest BCUT2D eigenvalue weighted by molar-refractivity contribution is -0.145. The number of likely N-dealkylation sites (tertiary alicyclic amines) is 1. The molecule has 0 aromatic carbocycles. The van der Waals surface area contributed by atoms with Crippen molar-refractivity contribution >= 4 is 27.1 Å². The third-order valence-electron chi connectivity index (χ3n) is 6.02. The predicted octanol–water partition coefficient (Wildman–Crippen LogP) is 1.78. The molecule has 8 heteroatoms. The number of nitrogens with zero attached hydrogens (tertiary/aromatic N) is 2. The van der Waals surface area contributed by atoms with Crippen LogP contribution in [0.2, 0.25) is 0 Å². The first-order chi connectivity index (χ1) is 11.9. The van der Waals surface area contributed by atoms with Crippen LogP contribution in [0.1, 0.15) is 36.4 Å². The van der Waals surface area contributed by atoms with Crippen molar-refractivity contribution in [3.63, 3.8) is 0 Å². The highest BCUT2D eigenvalue weighted by Crippen LogP contribution is 2.46. The number of amides is 1. The molecule has 4 rings (SSSR count). The average molecular weight is 385 g/mol. The summed E-state index contributed by atoms with van der Waals surface area (Å²) < 4.78 is 30.3. The monoisotopic (exact) mass is 384 g/mol. The van der Waals surface area contributed by atoms with E-state index in [1.807, 2.05) is 12.3 Å². The van der Waals surface area contributed by atoms with Gasteiger partial charge >= 0.3 is 0 Å². The standard InChI is InChI=1S/C17H24N2O4S2/c1-12-18-15(9-24-12)8-23-7-14-5-6-25(21,22)17(14)10-19(11-17)16(20)13-3-2-4-13/h9,13-14H,2-8,10-11H2,1H3/t14-/m0/s1. The first-order valence-corrected chi connectivity index (χ1v) is 11.4. The van der Waals surface area contributed by atoms with Gasteiger partial charge in [0.05, 0.1) is 29.7 Å². The van der Waals surface area contributed by atoms with E-state index in [1.54, 1.807) is 16.2 Å². The summed E-state index contributed by atoms with van der Waals surface area (Å²) in [6.07, 6.45) is 3.65. The van der Waals surface area contributed by atoms with Crippen LogP contribution in [-0.2, 0) is 26.0 Å². The Morgan fingerprint density at radius 3 is 2.76 bits per heavy atom. The van der Waals surface area contributed by atoms with Crippen molar-refractivity contribution < 1.29 is 17.9 Å². The van der Waals surface area contributed by atoms with Crippen LogP contribution in [-0.4, -0.2) is 54.4 Å². The molecule has 3 aliphatic rings. The Hall–Kier alpha value is -0.990. The van der Waals surface area contributed by atoms with Gasteiger partial charge in [0.25, 0.3) is 0 Å². The van der Waals surface area contributed by atoms with Crippen LogP contribution >= 0.6 is 11.3 Å². The van der Waals surface area contributed by atoms with Gasteiger partial charge in [-0.3, -0.25) is 4.79 Å². The largest absolute Gasteiger partial charge is 0.375 e. The van der Waals surface area contributed by atoms with E-state index in [0.717, 1.165) is 30.0 Å². The Morgan fingerprint density at radius 2 is 2.16 bits per heavy atom. The zero-order valence-electron chi connectivity index (χ0n) is 14.4. The number of aromatic nitrogens is 1. The molecule has 138 valence electrons. The van der Waals surface area contributed by atoms with Crippen LogP contribution in [0.5, 0.6) is 0 Å². The fraction of sp³-hybridized carbons (Fsp3) is 0.765. The van der Waals surface area contributed by atoms with Crippen molar-refractivity contribution in [2.45, 2.75) is 44.0 Å². The molecule has 1 amide bonds. The zero-order valence-corrected chi connectivity index (χ0v) is 16.1. The van der Waals surface area contributed by atoms with E-state index in [-0.39, 0.29) is 23.5 Å². The Balaban J connectivity index is 1.37. The highest BCUT2D eigenvalue weighted by atomic mass is 32.2. The second-order valence-electron chi connectivity index (χ2n) is 7.56. The topological polar surface area (TPSA) is 76.6 Å². The van der Waals surface area contributed by atoms with Gasteiger partial charge in [-0.1, -0.05) is 6.42 Å². The fourth-order valence-corrected chi connectivity index (χ4v) is 7.15. The predicted molar refractivity (Wildman–Crippen MR) is 95.1 cm³/mol. The number of ether oxygens (including phenoxy) is 1. The van der Waals surface area contributed by atoms with Crippen molar-refractivity contribution in [2.75, 3.05) is 25.4 Å². The van der Waals surface area contributed by atoms with E-state index < -0.39 is 14.6 Å². The van der Waals surface area contributed by atoms with Gasteiger partial charge in [-0.2, -0.15) is 0 Å². The van der Waals surface area contributed by atoms with Crippen LogP contribution < -0.4 is 0 Å². The molecule has 6 nitrogen and oxygen atoms in total. The van der Waals surface area contributed by atoms with Gasteiger partial charge in [-0.05, 0) is 26.2 Å². The highest BCUT2D eigenvalue weighted by Gasteiger charge is 2.62. The normalized spacial score (nSPS) is 27.2. The van der Waals surface area contributed by atoms with Crippen molar-refractivity contribution in [2.24, 2.45) is 11.8 Å². The van der Waals surface area contributed by atoms with E-state index in [1.165, 1.54) is 0 Å². The number of hydrogen-bond acceptors (Lipinski definition) is 6. The van der Waals surface area contributed by atoms with Gasteiger partial charge in [0.15, 0.2) is 9.84 Å². The van der Waals surface area contributed by atoms with Crippen LogP contribution in [0.25, 0.3) is 0 Å². The second-order valence-corrected chi connectivity index (χ2v) is 11.1. The van der Waals surface area contributed by atoms with E-state index in [0.29, 0.717) is 32.7 Å². The molecule has 3 fully saturated rings. The minimum atomic E-state index is -3.16. The summed E-state index contributed by atoms with van der Waals surface area (Å²) in [5, 5.41) is 2.97. The summed E-state index contributed by atoms with van der Waals surface area (Å²) in [5.41, 5.74) is 0.896. The molecule has 1 aromatic rings. The van der Waals surface area contributed by atoms with Crippen LogP contribution in [0, 0.1) is 18.8 Å². The van der Waals surface area contributed by atoms with Gasteiger partial charge < -0.3 is 9.64 Å². The number of rotatable bonds is 5. The minimum Gasteiger partial charge on any atom is -0.375 e. The Bertz CT molecular complexity index is 763. The van der Waals surface area contributed by atoms with Crippen molar-refractivity contribution in [3.8, 4) is 0 Å². The van der Waals surface area contributed by atoms with E-state index in [9.17, 15) is 13.2 Å². The van der Waals surface area contributed by atoms with E-state index >= 15 is 0 Å².